The zero-order valence-corrected chi connectivity index (χ0v) is 12.3. The normalized spacial score (nSPS) is 17.0. The zero-order chi connectivity index (χ0) is 14.5. The van der Waals surface area contributed by atoms with Crippen LogP contribution in [0.25, 0.3) is 0 Å². The summed E-state index contributed by atoms with van der Waals surface area (Å²) in [6, 6.07) is 18.3. The monoisotopic (exact) mass is 281 g/mol. The molecule has 0 aliphatic heterocycles. The van der Waals surface area contributed by atoms with E-state index in [-0.39, 0.29) is 6.04 Å². The number of rotatable bonds is 5. The summed E-state index contributed by atoms with van der Waals surface area (Å²) >= 11 is 0. The van der Waals surface area contributed by atoms with Gasteiger partial charge in [0.05, 0.1) is 6.04 Å². The molecular formula is C19H23NO. The van der Waals surface area contributed by atoms with E-state index in [9.17, 15) is 5.11 Å². The first kappa shape index (κ1) is 14.2. The number of phenols is 1. The molecule has 0 spiro atoms. The van der Waals surface area contributed by atoms with E-state index < -0.39 is 0 Å². The van der Waals surface area contributed by atoms with Crippen LogP contribution in [0.2, 0.25) is 0 Å². The highest BCUT2D eigenvalue weighted by Crippen LogP contribution is 2.27. The van der Waals surface area contributed by atoms with Gasteiger partial charge in [0.1, 0.15) is 5.75 Å². The van der Waals surface area contributed by atoms with E-state index in [0.717, 1.165) is 12.5 Å². The average Bonchev–Trinajstić information content (AvgIpc) is 3.04. The van der Waals surface area contributed by atoms with Crippen LogP contribution < -0.4 is 5.32 Å². The Morgan fingerprint density at radius 1 is 0.905 bits per heavy atom. The quantitative estimate of drug-likeness (QED) is 0.858. The number of nitrogens with one attached hydrogen (secondary N) is 1. The van der Waals surface area contributed by atoms with Gasteiger partial charge in [-0.3, -0.25) is 0 Å². The fourth-order valence-electron chi connectivity index (χ4n) is 3.24. The van der Waals surface area contributed by atoms with Crippen molar-refractivity contribution in [2.24, 2.45) is 5.92 Å². The van der Waals surface area contributed by atoms with Crippen molar-refractivity contribution in [1.82, 2.24) is 5.32 Å². The van der Waals surface area contributed by atoms with E-state index in [4.69, 9.17) is 0 Å². The number of phenolic OH excluding ortho intramolecular Hbond substituents is 1. The molecule has 1 fully saturated rings. The molecule has 1 aliphatic rings. The number of hydrogen-bond acceptors (Lipinski definition) is 2. The molecule has 1 saturated carbocycles. The van der Waals surface area contributed by atoms with Crippen molar-refractivity contribution in [3.63, 3.8) is 0 Å². The summed E-state index contributed by atoms with van der Waals surface area (Å²) in [7, 11) is 0. The lowest BCUT2D eigenvalue weighted by Crippen LogP contribution is -2.27. The van der Waals surface area contributed by atoms with Crippen molar-refractivity contribution in [2.75, 3.05) is 6.54 Å². The van der Waals surface area contributed by atoms with Gasteiger partial charge in [0, 0.05) is 0 Å². The van der Waals surface area contributed by atoms with Crippen LogP contribution in [-0.4, -0.2) is 11.7 Å². The maximum atomic E-state index is 9.49. The van der Waals surface area contributed by atoms with Crippen LogP contribution in [0.4, 0.5) is 0 Å². The van der Waals surface area contributed by atoms with E-state index in [1.165, 1.54) is 36.8 Å². The maximum Gasteiger partial charge on any atom is 0.115 e. The van der Waals surface area contributed by atoms with E-state index in [1.54, 1.807) is 12.1 Å². The van der Waals surface area contributed by atoms with Crippen LogP contribution in [0.5, 0.6) is 5.75 Å². The summed E-state index contributed by atoms with van der Waals surface area (Å²) < 4.78 is 0. The largest absolute Gasteiger partial charge is 0.508 e. The fraction of sp³-hybridized carbons (Fsp3) is 0.368. The molecule has 2 heteroatoms. The molecule has 0 saturated heterocycles. The Bertz CT molecular complexity index is 544. The molecule has 1 atom stereocenters. The molecule has 21 heavy (non-hydrogen) atoms. The second-order valence-electron chi connectivity index (χ2n) is 5.99. The summed E-state index contributed by atoms with van der Waals surface area (Å²) in [5.41, 5.74) is 2.48. The lowest BCUT2D eigenvalue weighted by molar-refractivity contribution is 0.461. The van der Waals surface area contributed by atoms with Crippen molar-refractivity contribution in [1.29, 1.82) is 0 Å². The summed E-state index contributed by atoms with van der Waals surface area (Å²) in [6.07, 6.45) is 5.46. The number of aromatic hydroxyl groups is 1. The van der Waals surface area contributed by atoms with Gasteiger partial charge < -0.3 is 10.4 Å². The first-order valence-electron chi connectivity index (χ1n) is 7.90. The van der Waals surface area contributed by atoms with Crippen LogP contribution in [0.1, 0.15) is 42.9 Å². The highest BCUT2D eigenvalue weighted by atomic mass is 16.3. The van der Waals surface area contributed by atoms with E-state index in [1.807, 2.05) is 18.2 Å². The minimum atomic E-state index is 0.201. The molecule has 3 rings (SSSR count). The van der Waals surface area contributed by atoms with Crippen LogP contribution in [0, 0.1) is 5.92 Å². The minimum Gasteiger partial charge on any atom is -0.508 e. The summed E-state index contributed by atoms with van der Waals surface area (Å²) in [5, 5.41) is 13.2. The Kier molecular flexibility index (Phi) is 4.56. The van der Waals surface area contributed by atoms with Crippen molar-refractivity contribution >= 4 is 0 Å². The molecular weight excluding hydrogens is 258 g/mol. The smallest absolute Gasteiger partial charge is 0.115 e. The number of hydrogen-bond donors (Lipinski definition) is 2. The summed E-state index contributed by atoms with van der Waals surface area (Å²) in [4.78, 5) is 0. The van der Waals surface area contributed by atoms with Gasteiger partial charge in [0.25, 0.3) is 0 Å². The molecule has 0 bridgehead atoms. The Morgan fingerprint density at radius 3 is 2.19 bits per heavy atom. The number of benzene rings is 2. The van der Waals surface area contributed by atoms with Gasteiger partial charge in [-0.05, 0) is 48.6 Å². The summed E-state index contributed by atoms with van der Waals surface area (Å²) in [5.74, 6) is 1.13. The Balaban J connectivity index is 1.78. The minimum absolute atomic E-state index is 0.201. The van der Waals surface area contributed by atoms with Crippen molar-refractivity contribution in [2.45, 2.75) is 31.7 Å². The highest BCUT2D eigenvalue weighted by Gasteiger charge is 2.18. The molecule has 0 aromatic heterocycles. The fourth-order valence-corrected chi connectivity index (χ4v) is 3.24. The summed E-state index contributed by atoms with van der Waals surface area (Å²) in [6.45, 7) is 1.07. The molecule has 1 aliphatic carbocycles. The van der Waals surface area contributed by atoms with Gasteiger partial charge in [0.15, 0.2) is 0 Å². The van der Waals surface area contributed by atoms with Gasteiger partial charge in [-0.25, -0.2) is 0 Å². The van der Waals surface area contributed by atoms with Gasteiger partial charge >= 0.3 is 0 Å². The van der Waals surface area contributed by atoms with Gasteiger partial charge in [-0.15, -0.1) is 0 Å². The predicted molar refractivity (Wildman–Crippen MR) is 86.4 cm³/mol. The van der Waals surface area contributed by atoms with Crippen LogP contribution in [-0.2, 0) is 0 Å². The molecule has 0 radical (unpaired) electrons. The molecule has 1 unspecified atom stereocenters. The maximum absolute atomic E-state index is 9.49. The molecule has 2 nitrogen and oxygen atoms in total. The second kappa shape index (κ2) is 6.77. The van der Waals surface area contributed by atoms with Crippen LogP contribution >= 0.6 is 0 Å². The molecule has 2 aromatic carbocycles. The topological polar surface area (TPSA) is 32.3 Å². The molecule has 2 N–H and O–H groups in total. The van der Waals surface area contributed by atoms with E-state index in [2.05, 4.69) is 29.6 Å². The highest BCUT2D eigenvalue weighted by molar-refractivity contribution is 5.34. The zero-order valence-electron chi connectivity index (χ0n) is 12.3. The first-order valence-corrected chi connectivity index (χ1v) is 7.90. The van der Waals surface area contributed by atoms with Crippen LogP contribution in [0.15, 0.2) is 54.6 Å². The lowest BCUT2D eigenvalue weighted by Gasteiger charge is -2.22. The predicted octanol–water partition coefficient (Wildman–Crippen LogP) is 4.26. The molecule has 0 heterocycles. The van der Waals surface area contributed by atoms with Crippen molar-refractivity contribution in [3.05, 3.63) is 65.7 Å². The SMILES string of the molecule is Oc1ccc(C(NCC2CCCC2)c2ccccc2)cc1. The van der Waals surface area contributed by atoms with Crippen molar-refractivity contribution in [3.8, 4) is 5.75 Å². The van der Waals surface area contributed by atoms with Gasteiger partial charge in [0.2, 0.25) is 0 Å². The van der Waals surface area contributed by atoms with Gasteiger partial charge in [-0.2, -0.15) is 0 Å². The molecule has 2 aromatic rings. The first-order chi connectivity index (χ1) is 10.3. The molecule has 0 amide bonds. The lowest BCUT2D eigenvalue weighted by atomic mass is 9.97. The second-order valence-corrected chi connectivity index (χ2v) is 5.99. The third kappa shape index (κ3) is 3.64. The van der Waals surface area contributed by atoms with Crippen LogP contribution in [0.3, 0.4) is 0 Å². The Hall–Kier alpha value is -1.80. The standard InChI is InChI=1S/C19H23NO/c21-18-12-10-17(11-13-18)19(16-8-2-1-3-9-16)20-14-15-6-4-5-7-15/h1-3,8-13,15,19-21H,4-7,14H2. The average molecular weight is 281 g/mol. The van der Waals surface area contributed by atoms with E-state index >= 15 is 0 Å². The third-order valence-corrected chi connectivity index (χ3v) is 4.44. The van der Waals surface area contributed by atoms with Gasteiger partial charge in [-0.1, -0.05) is 55.3 Å². The van der Waals surface area contributed by atoms with E-state index in [0.29, 0.717) is 5.75 Å². The van der Waals surface area contributed by atoms with Crippen molar-refractivity contribution < 1.29 is 5.11 Å². The third-order valence-electron chi connectivity index (χ3n) is 4.44. The Morgan fingerprint density at radius 2 is 1.52 bits per heavy atom. The Labute approximate surface area is 126 Å². The molecule has 110 valence electrons.